The van der Waals surface area contributed by atoms with Crippen LogP contribution in [-0.2, 0) is 14.3 Å². The molecule has 0 radical (unpaired) electrons. The second-order valence-corrected chi connectivity index (χ2v) is 5.91. The van der Waals surface area contributed by atoms with Crippen LogP contribution in [0.15, 0.2) is 54.6 Å². The van der Waals surface area contributed by atoms with Crippen LogP contribution in [0, 0.1) is 0 Å². The van der Waals surface area contributed by atoms with Crippen molar-refractivity contribution in [1.82, 2.24) is 4.98 Å². The minimum Gasteiger partial charge on any atom is -0.447 e. The first kappa shape index (κ1) is 15.2. The normalized spacial score (nSPS) is 11.9. The van der Waals surface area contributed by atoms with Gasteiger partial charge in [-0.05, 0) is 12.1 Å². The average molecular weight is 326 g/mol. The third kappa shape index (κ3) is 3.54. The molecule has 1 atom stereocenters. The van der Waals surface area contributed by atoms with Crippen LogP contribution in [0.25, 0.3) is 10.2 Å². The van der Waals surface area contributed by atoms with Crippen LogP contribution in [0.3, 0.4) is 0 Å². The van der Waals surface area contributed by atoms with Crippen molar-refractivity contribution in [2.75, 3.05) is 5.32 Å². The number of thiazole rings is 1. The second-order valence-electron chi connectivity index (χ2n) is 4.88. The van der Waals surface area contributed by atoms with Gasteiger partial charge in [0.1, 0.15) is 0 Å². The Balaban J connectivity index is 1.84. The molecule has 0 aliphatic heterocycles. The summed E-state index contributed by atoms with van der Waals surface area (Å²) in [5.41, 5.74) is 1.43. The van der Waals surface area contributed by atoms with Gasteiger partial charge in [-0.15, -0.1) is 0 Å². The summed E-state index contributed by atoms with van der Waals surface area (Å²) >= 11 is 1.37. The first-order valence-corrected chi connectivity index (χ1v) is 7.84. The van der Waals surface area contributed by atoms with E-state index in [1.807, 2.05) is 30.3 Å². The minimum absolute atomic E-state index is 0.426. The summed E-state index contributed by atoms with van der Waals surface area (Å²) in [5.74, 6) is -0.941. The number of esters is 1. The Hall–Kier alpha value is -2.73. The van der Waals surface area contributed by atoms with Crippen LogP contribution in [0.2, 0.25) is 0 Å². The maximum absolute atomic E-state index is 12.5. The van der Waals surface area contributed by atoms with Gasteiger partial charge >= 0.3 is 5.97 Å². The molecule has 1 aromatic heterocycles. The molecular formula is C17H14N2O3S. The van der Waals surface area contributed by atoms with Gasteiger partial charge in [0.25, 0.3) is 5.91 Å². The summed E-state index contributed by atoms with van der Waals surface area (Å²) in [6, 6.07) is 16.5. The van der Waals surface area contributed by atoms with E-state index in [0.717, 1.165) is 10.2 Å². The fourth-order valence-corrected chi connectivity index (χ4v) is 3.03. The molecule has 6 heteroatoms. The largest absolute Gasteiger partial charge is 0.447 e. The molecule has 1 unspecified atom stereocenters. The zero-order valence-corrected chi connectivity index (χ0v) is 13.2. The Kier molecular flexibility index (Phi) is 4.34. The molecule has 0 aliphatic rings. The van der Waals surface area contributed by atoms with Crippen LogP contribution in [0.1, 0.15) is 18.6 Å². The van der Waals surface area contributed by atoms with E-state index in [1.54, 1.807) is 24.3 Å². The van der Waals surface area contributed by atoms with E-state index in [4.69, 9.17) is 4.74 Å². The number of nitrogens with zero attached hydrogens (tertiary/aromatic N) is 1. The molecule has 0 saturated heterocycles. The Morgan fingerprint density at radius 2 is 1.78 bits per heavy atom. The van der Waals surface area contributed by atoms with Crippen molar-refractivity contribution in [3.05, 3.63) is 60.2 Å². The number of carbonyl (C=O) groups is 2. The van der Waals surface area contributed by atoms with E-state index >= 15 is 0 Å². The number of hydrogen-bond donors (Lipinski definition) is 1. The maximum Gasteiger partial charge on any atom is 0.303 e. The highest BCUT2D eigenvalue weighted by Crippen LogP contribution is 2.27. The molecule has 1 amide bonds. The summed E-state index contributed by atoms with van der Waals surface area (Å²) in [5, 5.41) is 3.20. The Bertz CT molecular complexity index is 812. The van der Waals surface area contributed by atoms with Crippen molar-refractivity contribution in [2.45, 2.75) is 13.0 Å². The van der Waals surface area contributed by atoms with Gasteiger partial charge in [-0.25, -0.2) is 4.98 Å². The standard InChI is InChI=1S/C17H14N2O3S/c1-11(20)22-15(12-7-3-2-4-8-12)16(21)19-17-18-13-9-5-6-10-14(13)23-17/h2-10,15H,1H3,(H,18,19,21). The SMILES string of the molecule is CC(=O)OC(C(=O)Nc1nc2ccccc2s1)c1ccccc1. The predicted molar refractivity (Wildman–Crippen MR) is 89.2 cm³/mol. The van der Waals surface area contributed by atoms with Crippen molar-refractivity contribution in [1.29, 1.82) is 0 Å². The summed E-state index contributed by atoms with van der Waals surface area (Å²) < 4.78 is 6.15. The molecule has 116 valence electrons. The number of hydrogen-bond acceptors (Lipinski definition) is 5. The predicted octanol–water partition coefficient (Wildman–Crippen LogP) is 3.54. The molecule has 1 N–H and O–H groups in total. The van der Waals surface area contributed by atoms with Crippen molar-refractivity contribution in [3.8, 4) is 0 Å². The van der Waals surface area contributed by atoms with Crippen molar-refractivity contribution < 1.29 is 14.3 Å². The van der Waals surface area contributed by atoms with Crippen LogP contribution in [0.5, 0.6) is 0 Å². The van der Waals surface area contributed by atoms with E-state index in [2.05, 4.69) is 10.3 Å². The van der Waals surface area contributed by atoms with E-state index in [-0.39, 0.29) is 0 Å². The van der Waals surface area contributed by atoms with Crippen molar-refractivity contribution in [3.63, 3.8) is 0 Å². The second kappa shape index (κ2) is 6.58. The summed E-state index contributed by atoms with van der Waals surface area (Å²) in [7, 11) is 0. The van der Waals surface area contributed by atoms with Gasteiger partial charge < -0.3 is 4.74 Å². The van der Waals surface area contributed by atoms with Crippen LogP contribution in [-0.4, -0.2) is 16.9 Å². The van der Waals surface area contributed by atoms with Gasteiger partial charge in [0.2, 0.25) is 6.10 Å². The molecule has 3 aromatic rings. The smallest absolute Gasteiger partial charge is 0.303 e. The van der Waals surface area contributed by atoms with Gasteiger partial charge in [0, 0.05) is 12.5 Å². The lowest BCUT2D eigenvalue weighted by molar-refractivity contribution is -0.152. The number of ether oxygens (including phenoxy) is 1. The lowest BCUT2D eigenvalue weighted by Crippen LogP contribution is -2.25. The molecule has 1 heterocycles. The van der Waals surface area contributed by atoms with E-state index in [1.165, 1.54) is 18.3 Å². The van der Waals surface area contributed by atoms with Gasteiger partial charge in [0.15, 0.2) is 5.13 Å². The highest BCUT2D eigenvalue weighted by atomic mass is 32.1. The summed E-state index contributed by atoms with van der Waals surface area (Å²) in [6.45, 7) is 1.28. The zero-order valence-electron chi connectivity index (χ0n) is 12.4. The number of para-hydroxylation sites is 1. The highest BCUT2D eigenvalue weighted by Gasteiger charge is 2.24. The average Bonchev–Trinajstić information content (AvgIpc) is 2.95. The first-order chi connectivity index (χ1) is 11.1. The third-order valence-electron chi connectivity index (χ3n) is 3.15. The molecule has 0 spiro atoms. The number of carbonyl (C=O) groups excluding carboxylic acids is 2. The minimum atomic E-state index is -0.999. The monoisotopic (exact) mass is 326 g/mol. The Morgan fingerprint density at radius 1 is 1.09 bits per heavy atom. The number of rotatable bonds is 4. The van der Waals surface area contributed by atoms with E-state index in [9.17, 15) is 9.59 Å². The molecule has 2 aromatic carbocycles. The maximum atomic E-state index is 12.5. The molecule has 5 nitrogen and oxygen atoms in total. The van der Waals surface area contributed by atoms with Crippen LogP contribution >= 0.6 is 11.3 Å². The number of benzene rings is 2. The number of fused-ring (bicyclic) bond motifs is 1. The van der Waals surface area contributed by atoms with Crippen molar-refractivity contribution in [2.24, 2.45) is 0 Å². The lowest BCUT2D eigenvalue weighted by atomic mass is 10.1. The van der Waals surface area contributed by atoms with E-state index in [0.29, 0.717) is 10.7 Å². The van der Waals surface area contributed by atoms with E-state index < -0.39 is 18.0 Å². The Morgan fingerprint density at radius 3 is 2.48 bits per heavy atom. The van der Waals surface area contributed by atoms with Crippen molar-refractivity contribution >= 4 is 38.6 Å². The summed E-state index contributed by atoms with van der Waals surface area (Å²) in [4.78, 5) is 28.2. The fraction of sp³-hybridized carbons (Fsp3) is 0.118. The van der Waals surface area contributed by atoms with Gasteiger partial charge in [-0.2, -0.15) is 0 Å². The highest BCUT2D eigenvalue weighted by molar-refractivity contribution is 7.22. The Labute approximate surface area is 136 Å². The van der Waals surface area contributed by atoms with Gasteiger partial charge in [-0.1, -0.05) is 53.8 Å². The van der Waals surface area contributed by atoms with Crippen LogP contribution in [0.4, 0.5) is 5.13 Å². The molecule has 0 fully saturated rings. The molecule has 0 bridgehead atoms. The molecule has 0 aliphatic carbocycles. The molecule has 3 rings (SSSR count). The number of amides is 1. The first-order valence-electron chi connectivity index (χ1n) is 7.02. The number of aromatic nitrogens is 1. The lowest BCUT2D eigenvalue weighted by Gasteiger charge is -2.16. The zero-order chi connectivity index (χ0) is 16.2. The van der Waals surface area contributed by atoms with Crippen LogP contribution < -0.4 is 5.32 Å². The molecule has 0 saturated carbocycles. The molecular weight excluding hydrogens is 312 g/mol. The quantitative estimate of drug-likeness (QED) is 0.745. The van der Waals surface area contributed by atoms with Gasteiger partial charge in [0.05, 0.1) is 10.2 Å². The summed E-state index contributed by atoms with van der Waals surface area (Å²) in [6.07, 6.45) is -0.999. The van der Waals surface area contributed by atoms with Gasteiger partial charge in [-0.3, -0.25) is 14.9 Å². The number of nitrogens with one attached hydrogen (secondary N) is 1. The number of anilines is 1. The fourth-order valence-electron chi connectivity index (χ4n) is 2.16. The molecule has 23 heavy (non-hydrogen) atoms. The topological polar surface area (TPSA) is 68.3 Å². The third-order valence-corrected chi connectivity index (χ3v) is 4.10.